The van der Waals surface area contributed by atoms with Crippen LogP contribution in [0.25, 0.3) is 32.5 Å². The van der Waals surface area contributed by atoms with E-state index in [4.69, 9.17) is 14.7 Å². The Hall–Kier alpha value is -3.08. The summed E-state index contributed by atoms with van der Waals surface area (Å²) >= 11 is 1.67. The van der Waals surface area contributed by atoms with Crippen molar-refractivity contribution in [3.63, 3.8) is 0 Å². The summed E-state index contributed by atoms with van der Waals surface area (Å²) in [5, 5.41) is 0.769. The molecule has 3 aromatic heterocycles. The van der Waals surface area contributed by atoms with Crippen LogP contribution in [0.2, 0.25) is 0 Å². The lowest BCUT2D eigenvalue weighted by atomic mass is 10.1. The van der Waals surface area contributed by atoms with Crippen LogP contribution in [0.5, 0.6) is 0 Å². The monoisotopic (exact) mass is 520 g/mol. The van der Waals surface area contributed by atoms with Crippen LogP contribution in [0.4, 0.5) is 10.2 Å². The molecule has 1 saturated carbocycles. The maximum atomic E-state index is 15.2. The maximum Gasteiger partial charge on any atom is 0.236 e. The van der Waals surface area contributed by atoms with Gasteiger partial charge in [0.2, 0.25) is 5.91 Å². The largest absolute Gasteiger partial charge is 0.378 e. The minimum Gasteiger partial charge on any atom is -0.378 e. The smallest absolute Gasteiger partial charge is 0.236 e. The highest BCUT2D eigenvalue weighted by Gasteiger charge is 2.30. The van der Waals surface area contributed by atoms with Gasteiger partial charge in [0.05, 0.1) is 35.5 Å². The predicted octanol–water partition coefficient (Wildman–Crippen LogP) is 3.87. The SMILES string of the molecule is O=C1CN(Cc2cc3nc(-c4c(F)ccc5[nH]ccc45)nc(N4CCOCC4)c3s2)CCN1CC1CC1. The number of carbonyl (C=O) groups excluding carboxylic acids is 1. The summed E-state index contributed by atoms with van der Waals surface area (Å²) in [6.45, 7) is 6.46. The molecule has 1 amide bonds. The number of halogens is 1. The molecule has 8 nitrogen and oxygen atoms in total. The summed E-state index contributed by atoms with van der Waals surface area (Å²) in [4.78, 5) is 33.3. The number of rotatable bonds is 6. The quantitative estimate of drug-likeness (QED) is 0.416. The van der Waals surface area contributed by atoms with E-state index in [9.17, 15) is 4.79 Å². The van der Waals surface area contributed by atoms with Crippen molar-refractivity contribution in [1.82, 2.24) is 24.8 Å². The lowest BCUT2D eigenvalue weighted by Crippen LogP contribution is -2.50. The first-order chi connectivity index (χ1) is 18.1. The minimum atomic E-state index is -0.336. The van der Waals surface area contributed by atoms with Crippen molar-refractivity contribution in [3.8, 4) is 11.4 Å². The third kappa shape index (κ3) is 4.47. The second-order valence-electron chi connectivity index (χ2n) is 10.3. The van der Waals surface area contributed by atoms with Crippen LogP contribution in [0, 0.1) is 11.7 Å². The van der Waals surface area contributed by atoms with Gasteiger partial charge in [0, 0.05) is 61.2 Å². The number of thiophene rings is 1. The van der Waals surface area contributed by atoms with Gasteiger partial charge in [0.1, 0.15) is 5.82 Å². The van der Waals surface area contributed by atoms with Crippen molar-refractivity contribution < 1.29 is 13.9 Å². The molecular formula is C27H29FN6O2S. The Bertz CT molecular complexity index is 1470. The molecule has 0 spiro atoms. The average molecular weight is 521 g/mol. The predicted molar refractivity (Wildman–Crippen MR) is 142 cm³/mol. The third-order valence-electron chi connectivity index (χ3n) is 7.58. The number of ether oxygens (including phenoxy) is 1. The number of anilines is 1. The molecule has 37 heavy (non-hydrogen) atoms. The van der Waals surface area contributed by atoms with E-state index < -0.39 is 0 Å². The Morgan fingerprint density at radius 2 is 1.97 bits per heavy atom. The molecule has 2 aliphatic heterocycles. The Balaban J connectivity index is 1.23. The summed E-state index contributed by atoms with van der Waals surface area (Å²) < 4.78 is 21.7. The van der Waals surface area contributed by atoms with Gasteiger partial charge in [-0.2, -0.15) is 0 Å². The van der Waals surface area contributed by atoms with Crippen molar-refractivity contribution in [2.45, 2.75) is 19.4 Å². The van der Waals surface area contributed by atoms with Gasteiger partial charge in [-0.3, -0.25) is 9.69 Å². The number of aromatic amines is 1. The number of H-pyrrole nitrogens is 1. The van der Waals surface area contributed by atoms with Gasteiger partial charge in [0.25, 0.3) is 0 Å². The molecule has 3 aliphatic rings. The summed E-state index contributed by atoms with van der Waals surface area (Å²) in [5.41, 5.74) is 2.09. The Labute approximate surface area is 218 Å². The molecule has 0 bridgehead atoms. The van der Waals surface area contributed by atoms with E-state index in [-0.39, 0.29) is 11.7 Å². The number of nitrogens with zero attached hydrogens (tertiary/aromatic N) is 5. The first kappa shape index (κ1) is 23.1. The van der Waals surface area contributed by atoms with Crippen molar-refractivity contribution in [2.75, 3.05) is 57.4 Å². The number of piperazine rings is 1. The molecule has 3 fully saturated rings. The van der Waals surface area contributed by atoms with Gasteiger partial charge in [-0.25, -0.2) is 14.4 Å². The second kappa shape index (κ2) is 9.34. The fourth-order valence-corrected chi connectivity index (χ4v) is 6.55. The molecule has 0 radical (unpaired) electrons. The number of nitrogens with one attached hydrogen (secondary N) is 1. The van der Waals surface area contributed by atoms with Crippen LogP contribution >= 0.6 is 11.3 Å². The topological polar surface area (TPSA) is 77.6 Å². The summed E-state index contributed by atoms with van der Waals surface area (Å²) in [5.74, 6) is 1.83. The molecule has 10 heteroatoms. The van der Waals surface area contributed by atoms with Gasteiger partial charge in [-0.1, -0.05) is 0 Å². The molecule has 2 saturated heterocycles. The van der Waals surface area contributed by atoms with E-state index in [1.54, 1.807) is 17.4 Å². The Kier molecular flexibility index (Phi) is 5.82. The van der Waals surface area contributed by atoms with Crippen LogP contribution in [-0.4, -0.2) is 83.1 Å². The molecule has 4 aromatic rings. The number of hydrogen-bond donors (Lipinski definition) is 1. The number of carbonyl (C=O) groups is 1. The molecule has 1 N–H and O–H groups in total. The molecule has 1 aromatic carbocycles. The van der Waals surface area contributed by atoms with E-state index >= 15 is 4.39 Å². The van der Waals surface area contributed by atoms with E-state index in [2.05, 4.69) is 20.9 Å². The highest BCUT2D eigenvalue weighted by atomic mass is 32.1. The summed E-state index contributed by atoms with van der Waals surface area (Å²) in [7, 11) is 0. The normalized spacial score (nSPS) is 19.4. The van der Waals surface area contributed by atoms with E-state index in [0.29, 0.717) is 43.6 Å². The van der Waals surface area contributed by atoms with Gasteiger partial charge in [0.15, 0.2) is 11.6 Å². The van der Waals surface area contributed by atoms with E-state index in [1.165, 1.54) is 18.9 Å². The number of fused-ring (bicyclic) bond motifs is 2. The van der Waals surface area contributed by atoms with Crippen LogP contribution < -0.4 is 4.90 Å². The number of aromatic nitrogens is 3. The summed E-state index contributed by atoms with van der Waals surface area (Å²) in [6, 6.07) is 7.17. The maximum absolute atomic E-state index is 15.2. The highest BCUT2D eigenvalue weighted by molar-refractivity contribution is 7.19. The lowest BCUT2D eigenvalue weighted by molar-refractivity contribution is -0.136. The van der Waals surface area contributed by atoms with Crippen LogP contribution in [0.3, 0.4) is 0 Å². The van der Waals surface area contributed by atoms with E-state index in [0.717, 1.165) is 64.5 Å². The summed E-state index contributed by atoms with van der Waals surface area (Å²) in [6.07, 6.45) is 4.32. The van der Waals surface area contributed by atoms with Crippen molar-refractivity contribution in [2.24, 2.45) is 5.92 Å². The number of morpholine rings is 1. The molecule has 7 rings (SSSR count). The zero-order valence-corrected chi connectivity index (χ0v) is 21.4. The zero-order valence-electron chi connectivity index (χ0n) is 20.6. The van der Waals surface area contributed by atoms with Crippen LogP contribution in [0.15, 0.2) is 30.5 Å². The fourth-order valence-electron chi connectivity index (χ4n) is 5.40. The van der Waals surface area contributed by atoms with Crippen LogP contribution in [-0.2, 0) is 16.1 Å². The molecule has 0 unspecified atom stereocenters. The van der Waals surface area contributed by atoms with Gasteiger partial charge in [-0.05, 0) is 43.0 Å². The molecule has 1 aliphatic carbocycles. The average Bonchev–Trinajstić information content (AvgIpc) is 3.43. The van der Waals surface area contributed by atoms with Gasteiger partial charge in [-0.15, -0.1) is 11.3 Å². The third-order valence-corrected chi connectivity index (χ3v) is 8.68. The lowest BCUT2D eigenvalue weighted by Gasteiger charge is -2.34. The number of benzene rings is 1. The molecule has 5 heterocycles. The Morgan fingerprint density at radius 3 is 2.78 bits per heavy atom. The standard InChI is InChI=1S/C27H29FN6O2S/c28-20-3-4-21-19(5-6-29-21)24(20)26-30-22-13-18(37-25(22)27(31-26)33-9-11-36-12-10-33)15-32-7-8-34(23(35)16-32)14-17-1-2-17/h3-6,13,17,29H,1-2,7-12,14-16H2. The van der Waals surface area contributed by atoms with Gasteiger partial charge >= 0.3 is 0 Å². The fraction of sp³-hybridized carbons (Fsp3) is 0.444. The van der Waals surface area contributed by atoms with Gasteiger partial charge < -0.3 is 19.5 Å². The molecular weight excluding hydrogens is 491 g/mol. The van der Waals surface area contributed by atoms with Crippen molar-refractivity contribution in [1.29, 1.82) is 0 Å². The highest BCUT2D eigenvalue weighted by Crippen LogP contribution is 2.37. The second-order valence-corrected chi connectivity index (χ2v) is 11.4. The Morgan fingerprint density at radius 1 is 1.11 bits per heavy atom. The first-order valence-corrected chi connectivity index (χ1v) is 13.8. The number of amides is 1. The number of hydrogen-bond acceptors (Lipinski definition) is 7. The molecule has 192 valence electrons. The van der Waals surface area contributed by atoms with Crippen molar-refractivity contribution in [3.05, 3.63) is 41.2 Å². The minimum absolute atomic E-state index is 0.227. The van der Waals surface area contributed by atoms with E-state index in [1.807, 2.05) is 17.2 Å². The zero-order chi connectivity index (χ0) is 24.9. The first-order valence-electron chi connectivity index (χ1n) is 13.0. The van der Waals surface area contributed by atoms with Crippen molar-refractivity contribution >= 4 is 44.2 Å². The van der Waals surface area contributed by atoms with Crippen LogP contribution in [0.1, 0.15) is 17.7 Å². The molecule has 0 atom stereocenters.